The van der Waals surface area contributed by atoms with Crippen molar-refractivity contribution in [2.75, 3.05) is 6.61 Å². The molecule has 1 aromatic heterocycles. The van der Waals surface area contributed by atoms with E-state index in [1.54, 1.807) is 12.1 Å². The summed E-state index contributed by atoms with van der Waals surface area (Å²) in [5.74, 6) is -2.56. The van der Waals surface area contributed by atoms with Gasteiger partial charge in [-0.25, -0.2) is 0 Å². The SMILES string of the molecule is CCOc1ccc2oc(-c3cc(OC(C)=O)c(OC(C)=O)c(OC(C)=O)c3)nc(=O)c2c1. The summed E-state index contributed by atoms with van der Waals surface area (Å²) in [6.45, 7) is 5.65. The summed E-state index contributed by atoms with van der Waals surface area (Å²) in [5, 5.41) is 0.205. The second-order valence-electron chi connectivity index (χ2n) is 6.50. The molecule has 0 bridgehead atoms. The Bertz CT molecular complexity index is 1240. The van der Waals surface area contributed by atoms with E-state index in [0.717, 1.165) is 20.8 Å². The normalized spacial score (nSPS) is 10.5. The zero-order valence-electron chi connectivity index (χ0n) is 17.7. The van der Waals surface area contributed by atoms with E-state index in [0.29, 0.717) is 12.4 Å². The van der Waals surface area contributed by atoms with Crippen LogP contribution in [0, 0.1) is 0 Å². The molecule has 0 spiro atoms. The quantitative estimate of drug-likeness (QED) is 0.415. The summed E-state index contributed by atoms with van der Waals surface area (Å²) in [7, 11) is 0. The lowest BCUT2D eigenvalue weighted by Gasteiger charge is -2.14. The average Bonchev–Trinajstić information content (AvgIpc) is 2.69. The summed E-state index contributed by atoms with van der Waals surface area (Å²) in [4.78, 5) is 51.2. The number of rotatable bonds is 6. The van der Waals surface area contributed by atoms with Crippen LogP contribution in [0.1, 0.15) is 27.7 Å². The average molecular weight is 441 g/mol. The third-order valence-electron chi connectivity index (χ3n) is 3.92. The molecule has 0 amide bonds. The fourth-order valence-corrected chi connectivity index (χ4v) is 2.83. The van der Waals surface area contributed by atoms with Gasteiger partial charge in [0.15, 0.2) is 11.5 Å². The summed E-state index contributed by atoms with van der Waals surface area (Å²) in [6.07, 6.45) is 0. The lowest BCUT2D eigenvalue weighted by Crippen LogP contribution is -2.11. The standard InChI is InChI=1S/C22H19NO9/c1-5-28-15-6-7-17-16(10-15)21(27)23-22(32-17)14-8-18(29-11(2)24)20(31-13(4)26)19(9-14)30-12(3)25/h6-10H,5H2,1-4H3. The number of hydrogen-bond acceptors (Lipinski definition) is 10. The third-order valence-corrected chi connectivity index (χ3v) is 3.92. The van der Waals surface area contributed by atoms with Gasteiger partial charge in [-0.2, -0.15) is 4.98 Å². The summed E-state index contributed by atoms with van der Waals surface area (Å²) in [5.41, 5.74) is -0.216. The minimum absolute atomic E-state index is 0.136. The van der Waals surface area contributed by atoms with Crippen LogP contribution >= 0.6 is 0 Å². The van der Waals surface area contributed by atoms with Crippen molar-refractivity contribution in [1.29, 1.82) is 0 Å². The van der Waals surface area contributed by atoms with Gasteiger partial charge in [0.1, 0.15) is 11.3 Å². The Hall–Kier alpha value is -4.21. The Balaban J connectivity index is 2.21. The zero-order chi connectivity index (χ0) is 23.4. The first-order chi connectivity index (χ1) is 15.2. The molecule has 3 aromatic rings. The minimum atomic E-state index is -0.736. The first-order valence-corrected chi connectivity index (χ1v) is 9.49. The molecule has 1 heterocycles. The van der Waals surface area contributed by atoms with Crippen LogP contribution in [0.3, 0.4) is 0 Å². The molecule has 0 N–H and O–H groups in total. The van der Waals surface area contributed by atoms with Crippen molar-refractivity contribution < 1.29 is 37.7 Å². The van der Waals surface area contributed by atoms with Gasteiger partial charge >= 0.3 is 17.9 Å². The van der Waals surface area contributed by atoms with Crippen molar-refractivity contribution in [3.05, 3.63) is 40.7 Å². The highest BCUT2D eigenvalue weighted by molar-refractivity contribution is 5.81. The van der Waals surface area contributed by atoms with Crippen LogP contribution in [0.2, 0.25) is 0 Å². The molecule has 10 nitrogen and oxygen atoms in total. The van der Waals surface area contributed by atoms with Gasteiger partial charge in [-0.3, -0.25) is 19.2 Å². The Morgan fingerprint density at radius 1 is 0.906 bits per heavy atom. The molecular weight excluding hydrogens is 422 g/mol. The Kier molecular flexibility index (Phi) is 6.53. The summed E-state index contributed by atoms with van der Waals surface area (Å²) < 4.78 is 26.5. The molecular formula is C22H19NO9. The first kappa shape index (κ1) is 22.5. The maximum Gasteiger partial charge on any atom is 0.308 e. The second-order valence-corrected chi connectivity index (χ2v) is 6.50. The topological polar surface area (TPSA) is 131 Å². The Morgan fingerprint density at radius 3 is 2.03 bits per heavy atom. The number of nitrogens with zero attached hydrogens (tertiary/aromatic N) is 1. The molecule has 0 saturated carbocycles. The number of aromatic nitrogens is 1. The van der Waals surface area contributed by atoms with E-state index in [-0.39, 0.29) is 39.7 Å². The molecule has 0 saturated heterocycles. The molecule has 10 heteroatoms. The van der Waals surface area contributed by atoms with Crippen molar-refractivity contribution in [2.45, 2.75) is 27.7 Å². The number of benzene rings is 2. The predicted molar refractivity (Wildman–Crippen MR) is 111 cm³/mol. The molecule has 0 aliphatic carbocycles. The van der Waals surface area contributed by atoms with Crippen LogP contribution in [0.15, 0.2) is 39.5 Å². The fourth-order valence-electron chi connectivity index (χ4n) is 2.83. The van der Waals surface area contributed by atoms with Crippen molar-refractivity contribution in [2.24, 2.45) is 0 Å². The van der Waals surface area contributed by atoms with Crippen molar-refractivity contribution in [3.63, 3.8) is 0 Å². The maximum absolute atomic E-state index is 12.6. The molecule has 0 aliphatic heterocycles. The van der Waals surface area contributed by atoms with E-state index < -0.39 is 23.5 Å². The van der Waals surface area contributed by atoms with Gasteiger partial charge in [-0.05, 0) is 37.3 Å². The van der Waals surface area contributed by atoms with Gasteiger partial charge in [-0.1, -0.05) is 0 Å². The van der Waals surface area contributed by atoms with Crippen LogP contribution in [-0.2, 0) is 14.4 Å². The zero-order valence-corrected chi connectivity index (χ0v) is 17.7. The molecule has 0 atom stereocenters. The fraction of sp³-hybridized carbons (Fsp3) is 0.227. The number of fused-ring (bicyclic) bond motifs is 1. The lowest BCUT2D eigenvalue weighted by atomic mass is 10.1. The number of hydrogen-bond donors (Lipinski definition) is 0. The van der Waals surface area contributed by atoms with Crippen LogP contribution in [0.5, 0.6) is 23.0 Å². The molecule has 3 rings (SSSR count). The van der Waals surface area contributed by atoms with Crippen molar-refractivity contribution >= 4 is 28.9 Å². The smallest absolute Gasteiger partial charge is 0.308 e. The molecule has 0 unspecified atom stereocenters. The second kappa shape index (κ2) is 9.29. The van der Waals surface area contributed by atoms with Crippen LogP contribution < -0.4 is 24.5 Å². The summed E-state index contributed by atoms with van der Waals surface area (Å²) >= 11 is 0. The number of carbonyl (C=O) groups excluding carboxylic acids is 3. The molecule has 0 radical (unpaired) electrons. The molecule has 32 heavy (non-hydrogen) atoms. The van der Waals surface area contributed by atoms with Gasteiger partial charge < -0.3 is 23.4 Å². The first-order valence-electron chi connectivity index (χ1n) is 9.49. The van der Waals surface area contributed by atoms with E-state index in [1.807, 2.05) is 6.92 Å². The lowest BCUT2D eigenvalue weighted by molar-refractivity contribution is -0.135. The van der Waals surface area contributed by atoms with E-state index in [2.05, 4.69) is 4.98 Å². The highest BCUT2D eigenvalue weighted by Crippen LogP contribution is 2.42. The minimum Gasteiger partial charge on any atom is -0.494 e. The van der Waals surface area contributed by atoms with Gasteiger partial charge in [-0.15, -0.1) is 0 Å². The highest BCUT2D eigenvalue weighted by atomic mass is 16.6. The molecule has 2 aromatic carbocycles. The number of carbonyl (C=O) groups is 3. The largest absolute Gasteiger partial charge is 0.494 e. The highest BCUT2D eigenvalue weighted by Gasteiger charge is 2.22. The number of esters is 3. The van der Waals surface area contributed by atoms with E-state index in [4.69, 9.17) is 23.4 Å². The van der Waals surface area contributed by atoms with Crippen LogP contribution in [0.4, 0.5) is 0 Å². The van der Waals surface area contributed by atoms with Crippen molar-refractivity contribution in [1.82, 2.24) is 4.98 Å². The molecule has 166 valence electrons. The molecule has 0 fully saturated rings. The number of ether oxygens (including phenoxy) is 4. The maximum atomic E-state index is 12.6. The van der Waals surface area contributed by atoms with Gasteiger partial charge in [0, 0.05) is 26.3 Å². The van der Waals surface area contributed by atoms with Gasteiger partial charge in [0.25, 0.3) is 5.56 Å². The van der Waals surface area contributed by atoms with E-state index in [1.165, 1.54) is 18.2 Å². The van der Waals surface area contributed by atoms with Crippen LogP contribution in [0.25, 0.3) is 22.4 Å². The third kappa shape index (κ3) is 5.09. The van der Waals surface area contributed by atoms with Crippen molar-refractivity contribution in [3.8, 4) is 34.5 Å². The Morgan fingerprint density at radius 2 is 1.50 bits per heavy atom. The molecule has 0 aliphatic rings. The van der Waals surface area contributed by atoms with Gasteiger partial charge in [0.2, 0.25) is 11.6 Å². The Labute approximate surface area is 181 Å². The monoisotopic (exact) mass is 441 g/mol. The van der Waals surface area contributed by atoms with Crippen LogP contribution in [-0.4, -0.2) is 29.5 Å². The summed E-state index contributed by atoms with van der Waals surface area (Å²) in [6, 6.07) is 7.26. The predicted octanol–water partition coefficient (Wildman–Crippen LogP) is 3.03. The van der Waals surface area contributed by atoms with E-state index >= 15 is 0 Å². The van der Waals surface area contributed by atoms with Gasteiger partial charge in [0.05, 0.1) is 12.0 Å². The van der Waals surface area contributed by atoms with E-state index in [9.17, 15) is 19.2 Å².